The highest BCUT2D eigenvalue weighted by Gasteiger charge is 2.34. The van der Waals surface area contributed by atoms with E-state index in [9.17, 15) is 18.0 Å². The van der Waals surface area contributed by atoms with Crippen LogP contribution in [0.4, 0.5) is 5.69 Å². The van der Waals surface area contributed by atoms with Gasteiger partial charge in [-0.2, -0.15) is 0 Å². The van der Waals surface area contributed by atoms with Crippen molar-refractivity contribution < 1.29 is 18.0 Å². The van der Waals surface area contributed by atoms with E-state index in [1.54, 1.807) is 42.5 Å². The van der Waals surface area contributed by atoms with Gasteiger partial charge in [-0.25, -0.2) is 8.42 Å². The maximum Gasteiger partial charge on any atom is 0.264 e. The largest absolute Gasteiger partial charge is 0.354 e. The first-order chi connectivity index (χ1) is 18.2. The highest BCUT2D eigenvalue weighted by Crippen LogP contribution is 2.30. The summed E-state index contributed by atoms with van der Waals surface area (Å²) >= 11 is 6.42. The third kappa shape index (κ3) is 7.14. The molecule has 0 saturated heterocycles. The minimum absolute atomic E-state index is 0.0329. The lowest BCUT2D eigenvalue weighted by Crippen LogP contribution is -2.52. The first kappa shape index (κ1) is 29.2. The number of benzene rings is 3. The number of carbonyl (C=O) groups is 2. The van der Waals surface area contributed by atoms with Gasteiger partial charge in [-0.1, -0.05) is 85.6 Å². The molecule has 0 fully saturated rings. The molecule has 0 aliphatic heterocycles. The maximum atomic E-state index is 14.0. The number of hydrogen-bond donors (Lipinski definition) is 1. The molecule has 1 N–H and O–H groups in total. The van der Waals surface area contributed by atoms with Crippen molar-refractivity contribution in [1.82, 2.24) is 10.2 Å². The smallest absolute Gasteiger partial charge is 0.264 e. The van der Waals surface area contributed by atoms with Gasteiger partial charge in [0.25, 0.3) is 10.0 Å². The van der Waals surface area contributed by atoms with Crippen molar-refractivity contribution in [2.24, 2.45) is 0 Å². The van der Waals surface area contributed by atoms with Crippen LogP contribution in [-0.4, -0.2) is 44.3 Å². The minimum Gasteiger partial charge on any atom is -0.354 e. The summed E-state index contributed by atoms with van der Waals surface area (Å²) in [5, 5.41) is 3.07. The summed E-state index contributed by atoms with van der Waals surface area (Å²) in [6.07, 6.45) is 1.12. The van der Waals surface area contributed by atoms with Crippen LogP contribution < -0.4 is 9.62 Å². The van der Waals surface area contributed by atoms with Crippen molar-refractivity contribution in [2.75, 3.05) is 17.4 Å². The van der Waals surface area contributed by atoms with Crippen LogP contribution in [0.2, 0.25) is 5.02 Å². The molecule has 7 nitrogen and oxygen atoms in total. The number of anilines is 1. The molecule has 3 aromatic rings. The molecule has 0 aliphatic rings. The Morgan fingerprint density at radius 2 is 1.55 bits per heavy atom. The van der Waals surface area contributed by atoms with E-state index >= 15 is 0 Å². The van der Waals surface area contributed by atoms with E-state index in [2.05, 4.69) is 5.32 Å². The number of nitrogens with one attached hydrogen (secondary N) is 1. The normalized spacial score (nSPS) is 12.0. The van der Waals surface area contributed by atoms with Crippen molar-refractivity contribution in [3.05, 3.63) is 95.0 Å². The Morgan fingerprint density at radius 3 is 2.16 bits per heavy atom. The molecule has 3 aromatic carbocycles. The van der Waals surface area contributed by atoms with E-state index in [0.29, 0.717) is 13.0 Å². The van der Waals surface area contributed by atoms with Gasteiger partial charge in [0.1, 0.15) is 12.6 Å². The Kier molecular flexibility index (Phi) is 10.3. The van der Waals surface area contributed by atoms with Gasteiger partial charge >= 0.3 is 0 Å². The molecule has 202 valence electrons. The van der Waals surface area contributed by atoms with Crippen LogP contribution >= 0.6 is 11.6 Å². The molecule has 0 heterocycles. The summed E-state index contributed by atoms with van der Waals surface area (Å²) < 4.78 is 28.6. The van der Waals surface area contributed by atoms with Crippen LogP contribution in [0.5, 0.6) is 0 Å². The van der Waals surface area contributed by atoms with Gasteiger partial charge in [0.05, 0.1) is 15.6 Å². The number of aryl methyl sites for hydroxylation is 1. The fourth-order valence-corrected chi connectivity index (χ4v) is 5.80. The number of amides is 2. The molecular formula is C29H34ClN3O4S. The van der Waals surface area contributed by atoms with Crippen molar-refractivity contribution in [3.63, 3.8) is 0 Å². The SMILES string of the molecule is CCCNC(=O)C(CC)N(Cc1ccc(C)cc1)C(=O)CN(c1ccccc1Cl)S(=O)(=O)c1ccccc1. The van der Waals surface area contributed by atoms with Crippen LogP contribution in [-0.2, 0) is 26.2 Å². The summed E-state index contributed by atoms with van der Waals surface area (Å²) in [5.41, 5.74) is 2.09. The molecule has 1 atom stereocenters. The molecule has 0 radical (unpaired) electrons. The van der Waals surface area contributed by atoms with Crippen molar-refractivity contribution in [3.8, 4) is 0 Å². The second kappa shape index (κ2) is 13.4. The van der Waals surface area contributed by atoms with E-state index in [0.717, 1.165) is 21.9 Å². The van der Waals surface area contributed by atoms with Gasteiger partial charge < -0.3 is 10.2 Å². The van der Waals surface area contributed by atoms with Gasteiger partial charge in [-0.05, 0) is 49.6 Å². The first-order valence-electron chi connectivity index (χ1n) is 12.6. The van der Waals surface area contributed by atoms with Crippen LogP contribution in [0.1, 0.15) is 37.8 Å². The molecule has 0 spiro atoms. The molecule has 0 aliphatic carbocycles. The summed E-state index contributed by atoms with van der Waals surface area (Å²) in [5.74, 6) is -0.784. The average Bonchev–Trinajstić information content (AvgIpc) is 2.92. The number of rotatable bonds is 12. The number of hydrogen-bond acceptors (Lipinski definition) is 4. The predicted octanol–water partition coefficient (Wildman–Crippen LogP) is 5.18. The fourth-order valence-electron chi connectivity index (χ4n) is 4.06. The summed E-state index contributed by atoms with van der Waals surface area (Å²) in [7, 11) is -4.15. The minimum atomic E-state index is -4.15. The number of halogens is 1. The molecule has 0 saturated carbocycles. The summed E-state index contributed by atoms with van der Waals surface area (Å²) in [6.45, 7) is 5.86. The predicted molar refractivity (Wildman–Crippen MR) is 152 cm³/mol. The quantitative estimate of drug-likeness (QED) is 0.334. The second-order valence-corrected chi connectivity index (χ2v) is 11.3. The Balaban J connectivity index is 2.04. The van der Waals surface area contributed by atoms with Crippen LogP contribution in [0.15, 0.2) is 83.8 Å². The third-order valence-corrected chi connectivity index (χ3v) is 8.23. The average molecular weight is 556 g/mol. The van der Waals surface area contributed by atoms with E-state index < -0.39 is 28.5 Å². The van der Waals surface area contributed by atoms with Gasteiger partial charge in [0.15, 0.2) is 0 Å². The molecule has 3 rings (SSSR count). The zero-order valence-corrected chi connectivity index (χ0v) is 23.5. The van der Waals surface area contributed by atoms with Gasteiger partial charge in [-0.15, -0.1) is 0 Å². The molecule has 2 amide bonds. The van der Waals surface area contributed by atoms with Crippen LogP contribution in [0.3, 0.4) is 0 Å². The lowest BCUT2D eigenvalue weighted by Gasteiger charge is -2.33. The lowest BCUT2D eigenvalue weighted by atomic mass is 10.1. The Hall–Kier alpha value is -3.36. The summed E-state index contributed by atoms with van der Waals surface area (Å²) in [6, 6.07) is 21.3. The molecule has 38 heavy (non-hydrogen) atoms. The molecular weight excluding hydrogens is 522 g/mol. The monoisotopic (exact) mass is 555 g/mol. The fraction of sp³-hybridized carbons (Fsp3) is 0.310. The molecule has 1 unspecified atom stereocenters. The Labute approximate surface area is 230 Å². The van der Waals surface area contributed by atoms with Gasteiger partial charge in [0.2, 0.25) is 11.8 Å². The molecule has 0 aromatic heterocycles. The second-order valence-electron chi connectivity index (χ2n) is 9.00. The van der Waals surface area contributed by atoms with E-state index in [-0.39, 0.29) is 28.1 Å². The standard InChI is InChI=1S/C29H34ClN3O4S/c1-4-19-31-29(35)26(5-2)32(20-23-17-15-22(3)16-18-23)28(34)21-33(27-14-10-9-13-25(27)30)38(36,37)24-11-7-6-8-12-24/h6-18,26H,4-5,19-21H2,1-3H3,(H,31,35). The highest BCUT2D eigenvalue weighted by molar-refractivity contribution is 7.92. The van der Waals surface area contributed by atoms with Crippen LogP contribution in [0, 0.1) is 6.92 Å². The molecule has 9 heteroatoms. The number of sulfonamides is 1. The van der Waals surface area contributed by atoms with Crippen molar-refractivity contribution in [2.45, 2.75) is 51.1 Å². The lowest BCUT2D eigenvalue weighted by molar-refractivity contribution is -0.140. The first-order valence-corrected chi connectivity index (χ1v) is 14.5. The van der Waals surface area contributed by atoms with E-state index in [1.807, 2.05) is 45.0 Å². The number of carbonyl (C=O) groups excluding carboxylic acids is 2. The third-order valence-electron chi connectivity index (χ3n) is 6.14. The van der Waals surface area contributed by atoms with Gasteiger partial charge in [-0.3, -0.25) is 13.9 Å². The Bertz CT molecular complexity index is 1330. The number of nitrogens with zero attached hydrogens (tertiary/aromatic N) is 2. The Morgan fingerprint density at radius 1 is 0.921 bits per heavy atom. The zero-order chi connectivity index (χ0) is 27.7. The maximum absolute atomic E-state index is 14.0. The highest BCUT2D eigenvalue weighted by atomic mass is 35.5. The van der Waals surface area contributed by atoms with Crippen molar-refractivity contribution >= 4 is 39.1 Å². The molecule has 0 bridgehead atoms. The van der Waals surface area contributed by atoms with Crippen molar-refractivity contribution in [1.29, 1.82) is 0 Å². The summed E-state index contributed by atoms with van der Waals surface area (Å²) in [4.78, 5) is 28.5. The van der Waals surface area contributed by atoms with E-state index in [1.165, 1.54) is 17.0 Å². The topological polar surface area (TPSA) is 86.8 Å². The van der Waals surface area contributed by atoms with Gasteiger partial charge in [0, 0.05) is 13.1 Å². The van der Waals surface area contributed by atoms with Crippen LogP contribution in [0.25, 0.3) is 0 Å². The van der Waals surface area contributed by atoms with E-state index in [4.69, 9.17) is 11.6 Å². The number of para-hydroxylation sites is 1. The zero-order valence-electron chi connectivity index (χ0n) is 21.9.